The lowest BCUT2D eigenvalue weighted by atomic mass is 10.3. The average molecular weight is 286 g/mol. The summed E-state index contributed by atoms with van der Waals surface area (Å²) in [5, 5.41) is 10.9. The molecule has 2 heterocycles. The van der Waals surface area contributed by atoms with Crippen LogP contribution in [0, 0.1) is 5.82 Å². The smallest absolute Gasteiger partial charge is 0.274 e. The van der Waals surface area contributed by atoms with Crippen molar-refractivity contribution >= 4 is 17.4 Å². The van der Waals surface area contributed by atoms with Crippen LogP contribution in [0.25, 0.3) is 0 Å². The van der Waals surface area contributed by atoms with Crippen LogP contribution in [-0.2, 0) is 0 Å². The summed E-state index contributed by atoms with van der Waals surface area (Å²) < 4.78 is 13.1. The summed E-state index contributed by atoms with van der Waals surface area (Å²) in [6.45, 7) is 1.56. The molecule has 0 atom stereocenters. The van der Waals surface area contributed by atoms with E-state index in [4.69, 9.17) is 0 Å². The van der Waals surface area contributed by atoms with Crippen molar-refractivity contribution in [2.24, 2.45) is 0 Å². The number of amides is 1. The van der Waals surface area contributed by atoms with Crippen molar-refractivity contribution in [1.82, 2.24) is 15.1 Å². The molecule has 0 aliphatic carbocycles. The van der Waals surface area contributed by atoms with E-state index >= 15 is 0 Å². The van der Waals surface area contributed by atoms with Gasteiger partial charge in [0, 0.05) is 18.8 Å². The van der Waals surface area contributed by atoms with E-state index in [2.05, 4.69) is 15.5 Å². The van der Waals surface area contributed by atoms with Crippen molar-refractivity contribution in [3.8, 4) is 0 Å². The zero-order chi connectivity index (χ0) is 14.7. The van der Waals surface area contributed by atoms with E-state index in [1.807, 2.05) is 0 Å². The molecular formula is C15H15FN4O. The van der Waals surface area contributed by atoms with Gasteiger partial charge in [-0.15, -0.1) is 10.2 Å². The van der Waals surface area contributed by atoms with Gasteiger partial charge in [-0.25, -0.2) is 4.39 Å². The van der Waals surface area contributed by atoms with E-state index in [1.54, 1.807) is 29.2 Å². The Morgan fingerprint density at radius 3 is 2.62 bits per heavy atom. The first-order valence-electron chi connectivity index (χ1n) is 6.88. The van der Waals surface area contributed by atoms with Crippen LogP contribution in [0.4, 0.5) is 15.9 Å². The normalized spacial score (nSPS) is 14.2. The highest BCUT2D eigenvalue weighted by Crippen LogP contribution is 2.16. The monoisotopic (exact) mass is 286 g/mol. The number of hydrogen-bond acceptors (Lipinski definition) is 4. The molecule has 0 spiro atoms. The van der Waals surface area contributed by atoms with Crippen LogP contribution in [0.2, 0.25) is 0 Å². The molecule has 1 aliphatic heterocycles. The Kier molecular flexibility index (Phi) is 3.77. The Bertz CT molecular complexity index is 638. The van der Waals surface area contributed by atoms with Gasteiger partial charge in [0.2, 0.25) is 0 Å². The molecule has 1 amide bonds. The molecule has 1 aliphatic rings. The first kappa shape index (κ1) is 13.5. The Labute approximate surface area is 121 Å². The van der Waals surface area contributed by atoms with Gasteiger partial charge in [-0.2, -0.15) is 0 Å². The maximum Gasteiger partial charge on any atom is 0.274 e. The van der Waals surface area contributed by atoms with Crippen LogP contribution < -0.4 is 5.32 Å². The third-order valence-electron chi connectivity index (χ3n) is 3.37. The number of carbonyl (C=O) groups excluding carboxylic acids is 1. The molecule has 3 rings (SSSR count). The molecule has 6 heteroatoms. The number of likely N-dealkylation sites (tertiary alicyclic amines) is 1. The molecule has 1 aromatic heterocycles. The molecule has 2 aromatic rings. The topological polar surface area (TPSA) is 58.1 Å². The van der Waals surface area contributed by atoms with Gasteiger partial charge in [0.25, 0.3) is 5.91 Å². The summed E-state index contributed by atoms with van der Waals surface area (Å²) in [5.74, 6) is 0.0599. The zero-order valence-corrected chi connectivity index (χ0v) is 11.4. The zero-order valence-electron chi connectivity index (χ0n) is 11.4. The number of carbonyl (C=O) groups is 1. The summed E-state index contributed by atoms with van der Waals surface area (Å²) in [6, 6.07) is 9.38. The van der Waals surface area contributed by atoms with E-state index in [-0.39, 0.29) is 11.7 Å². The second-order valence-corrected chi connectivity index (χ2v) is 4.94. The van der Waals surface area contributed by atoms with Crippen LogP contribution in [0.3, 0.4) is 0 Å². The first-order chi connectivity index (χ1) is 10.2. The molecule has 0 saturated carbocycles. The van der Waals surface area contributed by atoms with Crippen LogP contribution >= 0.6 is 0 Å². The number of rotatable bonds is 3. The predicted molar refractivity (Wildman–Crippen MR) is 76.9 cm³/mol. The molecule has 5 nitrogen and oxygen atoms in total. The van der Waals surface area contributed by atoms with Gasteiger partial charge >= 0.3 is 0 Å². The highest BCUT2D eigenvalue weighted by molar-refractivity contribution is 5.92. The lowest BCUT2D eigenvalue weighted by Gasteiger charge is -2.14. The van der Waals surface area contributed by atoms with Crippen molar-refractivity contribution in [3.63, 3.8) is 0 Å². The molecule has 1 N–H and O–H groups in total. The number of benzene rings is 1. The Morgan fingerprint density at radius 1 is 1.14 bits per heavy atom. The molecule has 21 heavy (non-hydrogen) atoms. The van der Waals surface area contributed by atoms with Crippen molar-refractivity contribution in [1.29, 1.82) is 0 Å². The predicted octanol–water partition coefficient (Wildman–Crippen LogP) is 2.60. The fraction of sp³-hybridized carbons (Fsp3) is 0.267. The van der Waals surface area contributed by atoms with Crippen molar-refractivity contribution < 1.29 is 9.18 Å². The molecule has 0 radical (unpaired) electrons. The summed E-state index contributed by atoms with van der Waals surface area (Å²) in [5.41, 5.74) is 0.921. The van der Waals surface area contributed by atoms with E-state index in [0.717, 1.165) is 25.9 Å². The maximum atomic E-state index is 13.1. The standard InChI is InChI=1S/C15H15FN4O/c16-11-4-3-5-12(10-11)17-14-7-6-13(18-19-14)15(21)20-8-1-2-9-20/h3-7,10H,1-2,8-9H2,(H,17,19). The van der Waals surface area contributed by atoms with Crippen molar-refractivity contribution in [2.75, 3.05) is 18.4 Å². The lowest BCUT2D eigenvalue weighted by Crippen LogP contribution is -2.28. The number of anilines is 2. The highest BCUT2D eigenvalue weighted by Gasteiger charge is 2.20. The van der Waals surface area contributed by atoms with Gasteiger partial charge in [0.15, 0.2) is 11.5 Å². The van der Waals surface area contributed by atoms with E-state index in [0.29, 0.717) is 17.2 Å². The van der Waals surface area contributed by atoms with Crippen LogP contribution in [-0.4, -0.2) is 34.1 Å². The molecule has 0 unspecified atom stereocenters. The molecule has 1 fully saturated rings. The second-order valence-electron chi connectivity index (χ2n) is 4.94. The average Bonchev–Trinajstić information content (AvgIpc) is 3.01. The quantitative estimate of drug-likeness (QED) is 0.942. The minimum atomic E-state index is -0.325. The van der Waals surface area contributed by atoms with Gasteiger partial charge in [0.1, 0.15) is 5.82 Å². The van der Waals surface area contributed by atoms with Crippen LogP contribution in [0.5, 0.6) is 0 Å². The third kappa shape index (κ3) is 3.16. The first-order valence-corrected chi connectivity index (χ1v) is 6.88. The van der Waals surface area contributed by atoms with Crippen molar-refractivity contribution in [2.45, 2.75) is 12.8 Å². The summed E-state index contributed by atoms with van der Waals surface area (Å²) in [6.07, 6.45) is 2.08. The fourth-order valence-electron chi connectivity index (χ4n) is 2.31. The van der Waals surface area contributed by atoms with Crippen LogP contribution in [0.1, 0.15) is 23.3 Å². The highest BCUT2D eigenvalue weighted by atomic mass is 19.1. The summed E-state index contributed by atoms with van der Waals surface area (Å²) in [4.78, 5) is 13.9. The Balaban J connectivity index is 1.70. The van der Waals surface area contributed by atoms with Gasteiger partial charge in [0.05, 0.1) is 0 Å². The number of hydrogen-bond donors (Lipinski definition) is 1. The fourth-order valence-corrected chi connectivity index (χ4v) is 2.31. The van der Waals surface area contributed by atoms with Crippen molar-refractivity contribution in [3.05, 3.63) is 47.9 Å². The SMILES string of the molecule is O=C(c1ccc(Nc2cccc(F)c2)nn1)N1CCCC1. The maximum absolute atomic E-state index is 13.1. The summed E-state index contributed by atoms with van der Waals surface area (Å²) >= 11 is 0. The van der Waals surface area contributed by atoms with Gasteiger partial charge in [-0.05, 0) is 43.2 Å². The lowest BCUT2D eigenvalue weighted by molar-refractivity contribution is 0.0786. The molecular weight excluding hydrogens is 271 g/mol. The minimum Gasteiger partial charge on any atom is -0.339 e. The van der Waals surface area contributed by atoms with Gasteiger partial charge in [-0.1, -0.05) is 6.07 Å². The minimum absolute atomic E-state index is 0.0858. The third-order valence-corrected chi connectivity index (χ3v) is 3.37. The number of halogens is 1. The Hall–Kier alpha value is -2.50. The number of nitrogens with zero attached hydrogens (tertiary/aromatic N) is 3. The second kappa shape index (κ2) is 5.87. The molecule has 1 aromatic carbocycles. The number of nitrogens with one attached hydrogen (secondary N) is 1. The molecule has 108 valence electrons. The number of aromatic nitrogens is 2. The van der Waals surface area contributed by atoms with E-state index < -0.39 is 0 Å². The molecule has 1 saturated heterocycles. The van der Waals surface area contributed by atoms with Gasteiger partial charge < -0.3 is 10.2 Å². The largest absolute Gasteiger partial charge is 0.339 e. The summed E-state index contributed by atoms with van der Waals surface area (Å²) in [7, 11) is 0. The molecule has 0 bridgehead atoms. The van der Waals surface area contributed by atoms with E-state index in [1.165, 1.54) is 12.1 Å². The van der Waals surface area contributed by atoms with Crippen LogP contribution in [0.15, 0.2) is 36.4 Å². The van der Waals surface area contributed by atoms with Gasteiger partial charge in [-0.3, -0.25) is 4.79 Å². The Morgan fingerprint density at radius 2 is 1.95 bits per heavy atom. The van der Waals surface area contributed by atoms with E-state index in [9.17, 15) is 9.18 Å².